The Morgan fingerprint density at radius 3 is 2.42 bits per heavy atom. The highest BCUT2D eigenvalue weighted by atomic mass is 16.5. The first-order valence-corrected chi connectivity index (χ1v) is 14.6. The van der Waals surface area contributed by atoms with Gasteiger partial charge >= 0.3 is 5.97 Å². The molecule has 0 amide bonds. The summed E-state index contributed by atoms with van der Waals surface area (Å²) in [6, 6.07) is 0. The maximum atomic E-state index is 13.0. The standard InChI is InChI=1S/C32H48O6/c1-18(33)38-26-16-24-28(2,3)25(35)12-14-31(24,7)23-11-13-30(6)20(9-10-22(30)32(23,26)8)19-15-21(34)27(37-17-19)29(4,5)36/h10,12,14,19-21,23-24,26-27,34,36H,9,11,13,15-17H2,1-8H3/t19-,20+,21-,23+,24+,26-,27-,30+,31-,32+/m1/s1. The second-order valence-corrected chi connectivity index (χ2v) is 14.9. The predicted octanol–water partition coefficient (Wildman–Crippen LogP) is 5.02. The summed E-state index contributed by atoms with van der Waals surface area (Å²) < 4.78 is 12.3. The van der Waals surface area contributed by atoms with Gasteiger partial charge in [0.15, 0.2) is 5.78 Å². The maximum Gasteiger partial charge on any atom is 0.302 e. The van der Waals surface area contributed by atoms with Crippen molar-refractivity contribution in [3.05, 3.63) is 23.8 Å². The van der Waals surface area contributed by atoms with Crippen LogP contribution < -0.4 is 0 Å². The smallest absolute Gasteiger partial charge is 0.302 e. The van der Waals surface area contributed by atoms with Crippen LogP contribution in [-0.2, 0) is 19.1 Å². The van der Waals surface area contributed by atoms with Gasteiger partial charge < -0.3 is 19.7 Å². The van der Waals surface area contributed by atoms with Crippen molar-refractivity contribution in [3.8, 4) is 0 Å². The van der Waals surface area contributed by atoms with Crippen LogP contribution in [-0.4, -0.2) is 52.5 Å². The molecule has 0 aromatic heterocycles. The van der Waals surface area contributed by atoms with E-state index in [1.807, 2.05) is 6.08 Å². The molecule has 5 rings (SSSR count). The van der Waals surface area contributed by atoms with E-state index in [1.54, 1.807) is 13.8 Å². The fourth-order valence-corrected chi connectivity index (χ4v) is 10.2. The summed E-state index contributed by atoms with van der Waals surface area (Å²) in [7, 11) is 0. The lowest BCUT2D eigenvalue weighted by atomic mass is 9.38. The van der Waals surface area contributed by atoms with Crippen molar-refractivity contribution in [2.75, 3.05) is 6.61 Å². The Labute approximate surface area is 228 Å². The van der Waals surface area contributed by atoms with E-state index in [2.05, 4.69) is 46.8 Å². The molecular formula is C32H48O6. The van der Waals surface area contributed by atoms with Crippen molar-refractivity contribution in [3.63, 3.8) is 0 Å². The molecule has 0 spiro atoms. The number of ketones is 1. The van der Waals surface area contributed by atoms with Crippen LogP contribution in [0.3, 0.4) is 0 Å². The quantitative estimate of drug-likeness (QED) is 0.395. The van der Waals surface area contributed by atoms with Crippen molar-refractivity contribution in [2.24, 2.45) is 45.3 Å². The van der Waals surface area contributed by atoms with Gasteiger partial charge in [0.25, 0.3) is 0 Å². The minimum atomic E-state index is -1.09. The average molecular weight is 529 g/mol. The first-order valence-electron chi connectivity index (χ1n) is 14.6. The molecule has 0 unspecified atom stereocenters. The SMILES string of the molecule is CC(=O)O[C@@H]1C[C@H]2C(C)(C)C(=O)C=C[C@]2(C)[C@@H]2CC[C@]3(C)C(=CC[C@H]3[C@H]3CO[C@@H](C(C)(C)O)[C@H](O)C3)[C@]12C. The highest BCUT2D eigenvalue weighted by Gasteiger charge is 2.68. The Morgan fingerprint density at radius 2 is 1.82 bits per heavy atom. The number of aliphatic hydroxyl groups is 2. The monoisotopic (exact) mass is 528 g/mol. The van der Waals surface area contributed by atoms with Gasteiger partial charge in [0, 0.05) is 17.8 Å². The number of ether oxygens (including phenoxy) is 2. The second-order valence-electron chi connectivity index (χ2n) is 14.9. The summed E-state index contributed by atoms with van der Waals surface area (Å²) in [5.41, 5.74) is -0.822. The van der Waals surface area contributed by atoms with Gasteiger partial charge in [0.05, 0.1) is 18.3 Å². The topological polar surface area (TPSA) is 93.1 Å². The van der Waals surface area contributed by atoms with E-state index < -0.39 is 23.2 Å². The van der Waals surface area contributed by atoms with Crippen LogP contribution in [0.2, 0.25) is 0 Å². The van der Waals surface area contributed by atoms with Crippen LogP contribution in [0.1, 0.15) is 87.5 Å². The molecule has 6 heteroatoms. The predicted molar refractivity (Wildman–Crippen MR) is 145 cm³/mol. The molecule has 2 N–H and O–H groups in total. The average Bonchev–Trinajstić information content (AvgIpc) is 3.15. The van der Waals surface area contributed by atoms with Crippen LogP contribution in [0.4, 0.5) is 0 Å². The number of fused-ring (bicyclic) bond motifs is 5. The Balaban J connectivity index is 1.51. The molecule has 0 aromatic carbocycles. The summed E-state index contributed by atoms with van der Waals surface area (Å²) in [6.45, 7) is 16.5. The molecule has 38 heavy (non-hydrogen) atoms. The second kappa shape index (κ2) is 8.75. The van der Waals surface area contributed by atoms with Crippen LogP contribution in [0.5, 0.6) is 0 Å². The van der Waals surface area contributed by atoms with Gasteiger partial charge in [0.2, 0.25) is 0 Å². The molecule has 1 saturated heterocycles. The lowest BCUT2D eigenvalue weighted by Crippen LogP contribution is -2.64. The third-order valence-corrected chi connectivity index (χ3v) is 11.9. The van der Waals surface area contributed by atoms with E-state index in [0.717, 1.165) is 19.3 Å². The van der Waals surface area contributed by atoms with Gasteiger partial charge in [-0.1, -0.05) is 52.3 Å². The summed E-state index contributed by atoms with van der Waals surface area (Å²) in [6.07, 6.45) is 9.02. The molecule has 5 aliphatic rings. The summed E-state index contributed by atoms with van der Waals surface area (Å²) in [4.78, 5) is 25.4. The van der Waals surface area contributed by atoms with Crippen LogP contribution in [0, 0.1) is 45.3 Å². The van der Waals surface area contributed by atoms with E-state index in [-0.39, 0.29) is 51.9 Å². The third kappa shape index (κ3) is 3.83. The minimum absolute atomic E-state index is 0.0914. The van der Waals surface area contributed by atoms with Gasteiger partial charge in [-0.2, -0.15) is 0 Å². The number of hydrogen-bond acceptors (Lipinski definition) is 6. The minimum Gasteiger partial charge on any atom is -0.462 e. The Hall–Kier alpha value is -1.50. The number of aliphatic hydroxyl groups excluding tert-OH is 1. The molecule has 6 nitrogen and oxygen atoms in total. The molecule has 0 aromatic rings. The van der Waals surface area contributed by atoms with Gasteiger partial charge in [-0.05, 0) is 86.5 Å². The zero-order valence-electron chi connectivity index (χ0n) is 24.5. The number of allylic oxidation sites excluding steroid dienone is 3. The van der Waals surface area contributed by atoms with Gasteiger partial charge in [-0.3, -0.25) is 9.59 Å². The molecule has 212 valence electrons. The molecule has 0 radical (unpaired) electrons. The molecule has 1 aliphatic heterocycles. The Morgan fingerprint density at radius 1 is 1.13 bits per heavy atom. The summed E-state index contributed by atoms with van der Waals surface area (Å²) in [5, 5.41) is 21.4. The first kappa shape index (κ1) is 28.0. The lowest BCUT2D eigenvalue weighted by Gasteiger charge is -2.66. The number of hydrogen-bond donors (Lipinski definition) is 2. The van der Waals surface area contributed by atoms with E-state index in [4.69, 9.17) is 9.47 Å². The zero-order chi connectivity index (χ0) is 28.1. The highest BCUT2D eigenvalue weighted by Crippen LogP contribution is 2.72. The van der Waals surface area contributed by atoms with Crippen LogP contribution >= 0.6 is 0 Å². The maximum absolute atomic E-state index is 13.0. The third-order valence-electron chi connectivity index (χ3n) is 11.9. The van der Waals surface area contributed by atoms with Gasteiger partial charge in [-0.25, -0.2) is 0 Å². The molecule has 4 aliphatic carbocycles. The lowest BCUT2D eigenvalue weighted by molar-refractivity contribution is -0.196. The van der Waals surface area contributed by atoms with Crippen molar-refractivity contribution in [1.82, 2.24) is 0 Å². The van der Waals surface area contributed by atoms with E-state index in [1.165, 1.54) is 12.5 Å². The number of rotatable bonds is 3. The zero-order valence-corrected chi connectivity index (χ0v) is 24.5. The van der Waals surface area contributed by atoms with Crippen LogP contribution in [0.15, 0.2) is 23.8 Å². The number of carbonyl (C=O) groups is 2. The van der Waals surface area contributed by atoms with E-state index in [0.29, 0.717) is 25.4 Å². The summed E-state index contributed by atoms with van der Waals surface area (Å²) in [5.74, 6) is 0.734. The normalized spacial score (nSPS) is 48.0. The molecular weight excluding hydrogens is 480 g/mol. The van der Waals surface area contributed by atoms with Crippen molar-refractivity contribution < 1.29 is 29.3 Å². The Bertz CT molecular complexity index is 1070. The van der Waals surface area contributed by atoms with Crippen molar-refractivity contribution >= 4 is 11.8 Å². The molecule has 0 bridgehead atoms. The fraction of sp³-hybridized carbons (Fsp3) is 0.812. The molecule has 3 fully saturated rings. The van der Waals surface area contributed by atoms with Crippen molar-refractivity contribution in [1.29, 1.82) is 0 Å². The molecule has 10 atom stereocenters. The van der Waals surface area contributed by atoms with E-state index >= 15 is 0 Å². The first-order chi connectivity index (χ1) is 17.5. The number of esters is 1. The summed E-state index contributed by atoms with van der Waals surface area (Å²) >= 11 is 0. The van der Waals surface area contributed by atoms with Crippen molar-refractivity contribution in [2.45, 2.75) is 111 Å². The fourth-order valence-electron chi connectivity index (χ4n) is 10.2. The van der Waals surface area contributed by atoms with Gasteiger partial charge in [0.1, 0.15) is 12.2 Å². The molecule has 1 heterocycles. The molecule has 2 saturated carbocycles. The highest BCUT2D eigenvalue weighted by molar-refractivity contribution is 5.95. The van der Waals surface area contributed by atoms with E-state index in [9.17, 15) is 19.8 Å². The Kier molecular flexibility index (Phi) is 6.46. The largest absolute Gasteiger partial charge is 0.462 e. The number of carbonyl (C=O) groups excluding carboxylic acids is 2. The van der Waals surface area contributed by atoms with Crippen LogP contribution in [0.25, 0.3) is 0 Å². The van der Waals surface area contributed by atoms with Gasteiger partial charge in [-0.15, -0.1) is 0 Å².